The summed E-state index contributed by atoms with van der Waals surface area (Å²) in [5, 5.41) is 14.9. The molecule has 1 aromatic carbocycles. The Morgan fingerprint density at radius 3 is 2.57 bits per heavy atom. The molecule has 0 bridgehead atoms. The van der Waals surface area contributed by atoms with E-state index in [1.54, 1.807) is 0 Å². The third-order valence-corrected chi connectivity index (χ3v) is 5.10. The lowest BCUT2D eigenvalue weighted by Crippen LogP contribution is -2.39. The van der Waals surface area contributed by atoms with E-state index in [9.17, 15) is 5.11 Å². The minimum absolute atomic E-state index is 0.344. The van der Waals surface area contributed by atoms with Gasteiger partial charge in [0.15, 0.2) is 0 Å². The van der Waals surface area contributed by atoms with E-state index in [4.69, 9.17) is 14.0 Å². The van der Waals surface area contributed by atoms with Crippen LogP contribution >= 0.6 is 0 Å². The summed E-state index contributed by atoms with van der Waals surface area (Å²) in [6, 6.07) is 10.1. The van der Waals surface area contributed by atoms with Crippen LogP contribution in [0.1, 0.15) is 26.3 Å². The minimum Gasteiger partial charge on any atom is -0.389 e. The molecule has 0 spiro atoms. The van der Waals surface area contributed by atoms with Crippen molar-refractivity contribution >= 4 is 5.88 Å². The van der Waals surface area contributed by atoms with Crippen molar-refractivity contribution in [1.82, 2.24) is 10.1 Å². The maximum Gasteiger partial charge on any atom is 0.232 e. The molecule has 1 N–H and O–H groups in total. The van der Waals surface area contributed by atoms with Crippen molar-refractivity contribution in [3.05, 3.63) is 35.9 Å². The SMILES string of the molecule is CCOCC(O)CN(Cc1c(-c2ccccc2)noc1N1CCOCC1)CC(C)C. The Labute approximate surface area is 179 Å². The highest BCUT2D eigenvalue weighted by Gasteiger charge is 2.26. The number of anilines is 1. The zero-order valence-corrected chi connectivity index (χ0v) is 18.4. The first-order valence-electron chi connectivity index (χ1n) is 10.9. The van der Waals surface area contributed by atoms with Gasteiger partial charge in [0.2, 0.25) is 5.88 Å². The van der Waals surface area contributed by atoms with E-state index < -0.39 is 6.10 Å². The van der Waals surface area contributed by atoms with Gasteiger partial charge in [-0.3, -0.25) is 4.90 Å². The predicted octanol–water partition coefficient (Wildman–Crippen LogP) is 3.03. The largest absolute Gasteiger partial charge is 0.389 e. The quantitative estimate of drug-likeness (QED) is 0.602. The lowest BCUT2D eigenvalue weighted by molar-refractivity contribution is 0.0175. The van der Waals surface area contributed by atoms with Gasteiger partial charge in [-0.2, -0.15) is 0 Å². The number of benzene rings is 1. The topological polar surface area (TPSA) is 71.2 Å². The van der Waals surface area contributed by atoms with Crippen molar-refractivity contribution in [3.8, 4) is 11.3 Å². The molecule has 0 amide bonds. The van der Waals surface area contributed by atoms with Gasteiger partial charge in [-0.25, -0.2) is 0 Å². The molecule has 1 atom stereocenters. The first-order chi connectivity index (χ1) is 14.6. The maximum absolute atomic E-state index is 10.5. The van der Waals surface area contributed by atoms with E-state index in [1.165, 1.54) is 0 Å². The summed E-state index contributed by atoms with van der Waals surface area (Å²) in [7, 11) is 0. The third-order valence-electron chi connectivity index (χ3n) is 5.10. The van der Waals surface area contributed by atoms with Crippen molar-refractivity contribution < 1.29 is 19.1 Å². The number of ether oxygens (including phenoxy) is 2. The van der Waals surface area contributed by atoms with Crippen LogP contribution in [0.25, 0.3) is 11.3 Å². The monoisotopic (exact) mass is 417 g/mol. The van der Waals surface area contributed by atoms with Gasteiger partial charge in [0.05, 0.1) is 31.5 Å². The number of rotatable bonds is 11. The van der Waals surface area contributed by atoms with Crippen molar-refractivity contribution in [3.63, 3.8) is 0 Å². The highest BCUT2D eigenvalue weighted by molar-refractivity contribution is 5.68. The van der Waals surface area contributed by atoms with Gasteiger partial charge in [-0.05, 0) is 12.8 Å². The lowest BCUT2D eigenvalue weighted by atomic mass is 10.1. The first kappa shape index (κ1) is 22.7. The summed E-state index contributed by atoms with van der Waals surface area (Å²) in [4.78, 5) is 4.49. The fourth-order valence-corrected chi connectivity index (χ4v) is 3.83. The summed E-state index contributed by atoms with van der Waals surface area (Å²) in [6.07, 6.45) is -0.532. The van der Waals surface area contributed by atoms with Crippen molar-refractivity contribution in [1.29, 1.82) is 0 Å². The molecule has 0 aliphatic carbocycles. The van der Waals surface area contributed by atoms with Crippen molar-refractivity contribution in [2.45, 2.75) is 33.4 Å². The van der Waals surface area contributed by atoms with Crippen molar-refractivity contribution in [2.75, 3.05) is 57.5 Å². The fourth-order valence-electron chi connectivity index (χ4n) is 3.83. The Morgan fingerprint density at radius 2 is 1.90 bits per heavy atom. The second kappa shape index (κ2) is 11.5. The molecule has 2 aromatic rings. The van der Waals surface area contributed by atoms with E-state index in [-0.39, 0.29) is 0 Å². The average Bonchev–Trinajstić information content (AvgIpc) is 3.16. The van der Waals surface area contributed by atoms with Gasteiger partial charge in [-0.1, -0.05) is 49.3 Å². The first-order valence-corrected chi connectivity index (χ1v) is 10.9. The molecule has 7 heteroatoms. The van der Waals surface area contributed by atoms with Gasteiger partial charge < -0.3 is 24.0 Å². The smallest absolute Gasteiger partial charge is 0.232 e. The summed E-state index contributed by atoms with van der Waals surface area (Å²) in [5.74, 6) is 1.28. The number of aromatic nitrogens is 1. The van der Waals surface area contributed by atoms with Crippen LogP contribution in [-0.4, -0.2) is 73.9 Å². The van der Waals surface area contributed by atoms with Gasteiger partial charge in [0.1, 0.15) is 5.69 Å². The average molecular weight is 418 g/mol. The molecule has 1 aromatic heterocycles. The van der Waals surface area contributed by atoms with E-state index >= 15 is 0 Å². The summed E-state index contributed by atoms with van der Waals surface area (Å²) < 4.78 is 16.8. The molecule has 1 aliphatic rings. The minimum atomic E-state index is -0.532. The number of hydrogen-bond acceptors (Lipinski definition) is 7. The van der Waals surface area contributed by atoms with Crippen LogP contribution in [0.15, 0.2) is 34.9 Å². The molecule has 1 fully saturated rings. The van der Waals surface area contributed by atoms with Crippen LogP contribution in [0.3, 0.4) is 0 Å². The molecule has 3 rings (SSSR count). The zero-order valence-electron chi connectivity index (χ0n) is 18.4. The van der Waals surface area contributed by atoms with E-state index in [2.05, 4.69) is 40.9 Å². The summed E-state index contributed by atoms with van der Waals surface area (Å²) >= 11 is 0. The van der Waals surface area contributed by atoms with Crippen LogP contribution in [0.5, 0.6) is 0 Å². The molecule has 30 heavy (non-hydrogen) atoms. The summed E-state index contributed by atoms with van der Waals surface area (Å²) in [5.41, 5.74) is 2.97. The Balaban J connectivity index is 1.88. The Morgan fingerprint density at radius 1 is 1.17 bits per heavy atom. The Hall–Kier alpha value is -1.93. The zero-order chi connectivity index (χ0) is 21.3. The molecular weight excluding hydrogens is 382 g/mol. The van der Waals surface area contributed by atoms with E-state index in [1.807, 2.05) is 25.1 Å². The lowest BCUT2D eigenvalue weighted by Gasteiger charge is -2.30. The molecule has 7 nitrogen and oxygen atoms in total. The highest BCUT2D eigenvalue weighted by Crippen LogP contribution is 2.33. The summed E-state index contributed by atoms with van der Waals surface area (Å²) in [6.45, 7) is 12.3. The molecule has 1 saturated heterocycles. The van der Waals surface area contributed by atoms with Gasteiger partial charge in [0.25, 0.3) is 0 Å². The van der Waals surface area contributed by atoms with Crippen molar-refractivity contribution in [2.24, 2.45) is 5.92 Å². The fraction of sp³-hybridized carbons (Fsp3) is 0.609. The molecule has 166 valence electrons. The Bertz CT molecular complexity index is 744. The molecule has 2 heterocycles. The maximum atomic E-state index is 10.5. The van der Waals surface area contributed by atoms with E-state index in [0.29, 0.717) is 45.4 Å². The molecular formula is C23H35N3O4. The number of aliphatic hydroxyl groups excluding tert-OH is 1. The number of hydrogen-bond donors (Lipinski definition) is 1. The van der Waals surface area contributed by atoms with Crippen LogP contribution in [-0.2, 0) is 16.0 Å². The van der Waals surface area contributed by atoms with Gasteiger partial charge in [-0.15, -0.1) is 0 Å². The standard InChI is InChI=1S/C23H35N3O4/c1-4-28-17-20(27)15-25(14-18(2)3)16-21-22(19-8-6-5-7-9-19)24-30-23(21)26-10-12-29-13-11-26/h5-9,18,20,27H,4,10-17H2,1-3H3. The van der Waals surface area contributed by atoms with Crippen LogP contribution < -0.4 is 4.90 Å². The molecule has 0 saturated carbocycles. The second-order valence-corrected chi connectivity index (χ2v) is 8.18. The van der Waals surface area contributed by atoms with Crippen LogP contribution in [0.4, 0.5) is 5.88 Å². The van der Waals surface area contributed by atoms with Crippen LogP contribution in [0, 0.1) is 5.92 Å². The number of nitrogens with zero attached hydrogens (tertiary/aromatic N) is 3. The molecule has 0 radical (unpaired) electrons. The number of aliphatic hydroxyl groups is 1. The van der Waals surface area contributed by atoms with Gasteiger partial charge in [0, 0.05) is 44.9 Å². The van der Waals surface area contributed by atoms with Gasteiger partial charge >= 0.3 is 0 Å². The van der Waals surface area contributed by atoms with Crippen LogP contribution in [0.2, 0.25) is 0 Å². The number of morpholine rings is 1. The normalized spacial score (nSPS) is 15.9. The highest BCUT2D eigenvalue weighted by atomic mass is 16.5. The molecule has 1 unspecified atom stereocenters. The predicted molar refractivity (Wildman–Crippen MR) is 118 cm³/mol. The Kier molecular flexibility index (Phi) is 8.69. The second-order valence-electron chi connectivity index (χ2n) is 8.18. The third kappa shape index (κ3) is 6.28. The van der Waals surface area contributed by atoms with E-state index in [0.717, 1.165) is 42.3 Å². The molecule has 1 aliphatic heterocycles.